The van der Waals surface area contributed by atoms with Crippen molar-refractivity contribution in [3.63, 3.8) is 0 Å². The number of fused-ring (bicyclic) bond motifs is 2. The molecule has 0 unspecified atom stereocenters. The Morgan fingerprint density at radius 1 is 1.22 bits per heavy atom. The molecule has 192 valence electrons. The molecule has 0 saturated carbocycles. The minimum absolute atomic E-state index is 0.0317. The number of carbonyl (C=O) groups excluding carboxylic acids is 1. The molecule has 0 aliphatic carbocycles. The van der Waals surface area contributed by atoms with Crippen LogP contribution in [0.1, 0.15) is 19.8 Å². The smallest absolute Gasteiger partial charge is 0.265 e. The minimum Gasteiger partial charge on any atom is -0.382 e. The van der Waals surface area contributed by atoms with Crippen molar-refractivity contribution in [3.05, 3.63) is 24.1 Å². The highest BCUT2D eigenvalue weighted by molar-refractivity contribution is 5.88. The molecular weight excluding hydrogens is 491 g/mol. The Morgan fingerprint density at radius 2 is 1.97 bits per heavy atom. The quantitative estimate of drug-likeness (QED) is 0.398. The fourth-order valence-electron chi connectivity index (χ4n) is 3.82. The Kier molecular flexibility index (Phi) is 6.60. The molecular formula is C20H21F5N10O. The molecule has 11 nitrogen and oxygen atoms in total. The molecule has 4 aromatic rings. The Hall–Kier alpha value is -4.11. The summed E-state index contributed by atoms with van der Waals surface area (Å²) in [5.41, 5.74) is 12.1. The number of amides is 1. The summed E-state index contributed by atoms with van der Waals surface area (Å²) < 4.78 is 67.1. The van der Waals surface area contributed by atoms with Gasteiger partial charge in [-0.05, 0) is 18.6 Å². The fourth-order valence-corrected chi connectivity index (χ4v) is 3.82. The zero-order valence-electron chi connectivity index (χ0n) is 18.9. The normalized spacial score (nSPS) is 15.4. The second kappa shape index (κ2) is 9.50. The Labute approximate surface area is 199 Å². The second-order valence-electron chi connectivity index (χ2n) is 8.10. The molecule has 0 radical (unpaired) electrons. The molecule has 0 aromatic carbocycles. The summed E-state index contributed by atoms with van der Waals surface area (Å²) in [4.78, 5) is 19.9. The van der Waals surface area contributed by atoms with E-state index in [9.17, 15) is 26.7 Å². The zero-order chi connectivity index (χ0) is 26.2. The maximum absolute atomic E-state index is 14.5. The van der Waals surface area contributed by atoms with Gasteiger partial charge in [-0.1, -0.05) is 5.21 Å². The lowest BCUT2D eigenvalue weighted by Crippen LogP contribution is -2.44. The van der Waals surface area contributed by atoms with Gasteiger partial charge in [0.15, 0.2) is 17.3 Å². The van der Waals surface area contributed by atoms with E-state index in [2.05, 4.69) is 25.4 Å². The molecule has 5 rings (SSSR count). The van der Waals surface area contributed by atoms with Gasteiger partial charge < -0.3 is 16.4 Å². The standard InChI is InChI=1S/C13H10F3N9.C7H11F2NO/c14-5-3-24-10(11(17)20-13(18)22-24)9(5)6-1-2-7-12(19-6)25(23-21-7)4-8(15)16;1-6(11)10-4-2-3-7(8,9)5-10/h1-3,8H,4H2,(H4,17,18,20,22);2-5H2,1H3. The molecule has 1 aliphatic rings. The number of nitrogens with two attached hydrogens (primary N) is 2. The summed E-state index contributed by atoms with van der Waals surface area (Å²) in [5, 5.41) is 11.3. The van der Waals surface area contributed by atoms with Crippen molar-refractivity contribution in [1.82, 2.24) is 39.5 Å². The lowest BCUT2D eigenvalue weighted by Gasteiger charge is -2.31. The van der Waals surface area contributed by atoms with E-state index in [1.165, 1.54) is 24.0 Å². The maximum atomic E-state index is 14.5. The van der Waals surface area contributed by atoms with Gasteiger partial charge in [0.05, 0.1) is 24.0 Å². The molecule has 1 saturated heterocycles. The van der Waals surface area contributed by atoms with Crippen LogP contribution in [0.4, 0.5) is 33.7 Å². The average molecular weight is 512 g/mol. The number of nitrogens with zero attached hydrogens (tertiary/aromatic N) is 8. The molecule has 4 aromatic heterocycles. The first-order chi connectivity index (χ1) is 16.9. The van der Waals surface area contributed by atoms with Crippen molar-refractivity contribution in [3.8, 4) is 11.3 Å². The number of hydrogen-bond donors (Lipinski definition) is 2. The summed E-state index contributed by atoms with van der Waals surface area (Å²) in [6, 6.07) is 2.99. The highest BCUT2D eigenvalue weighted by atomic mass is 19.3. The van der Waals surface area contributed by atoms with E-state index in [0.29, 0.717) is 18.5 Å². The first kappa shape index (κ1) is 25.0. The molecule has 1 amide bonds. The van der Waals surface area contributed by atoms with Gasteiger partial charge in [0.1, 0.15) is 17.6 Å². The topological polar surface area (TPSA) is 146 Å². The molecule has 0 spiro atoms. The SMILES string of the molecule is CC(=O)N1CCCC(F)(F)C1.Nc1nc(N)c2c(-c3ccc4nnn(CC(F)F)c4n3)c(F)cn2n1. The Morgan fingerprint density at radius 3 is 2.61 bits per heavy atom. The van der Waals surface area contributed by atoms with Crippen LogP contribution in [0.2, 0.25) is 0 Å². The molecule has 0 bridgehead atoms. The Bertz CT molecular complexity index is 1420. The van der Waals surface area contributed by atoms with E-state index in [1.807, 2.05) is 0 Å². The molecule has 5 heterocycles. The van der Waals surface area contributed by atoms with Crippen LogP contribution in [0, 0.1) is 5.82 Å². The van der Waals surface area contributed by atoms with Gasteiger partial charge in [0.2, 0.25) is 11.9 Å². The van der Waals surface area contributed by atoms with E-state index < -0.39 is 31.3 Å². The van der Waals surface area contributed by atoms with Crippen LogP contribution in [0.15, 0.2) is 18.3 Å². The Balaban J connectivity index is 0.000000233. The van der Waals surface area contributed by atoms with Crippen LogP contribution in [0.5, 0.6) is 0 Å². The summed E-state index contributed by atoms with van der Waals surface area (Å²) >= 11 is 0. The highest BCUT2D eigenvalue weighted by Gasteiger charge is 2.35. The molecule has 1 aliphatic heterocycles. The van der Waals surface area contributed by atoms with Gasteiger partial charge in [0.25, 0.3) is 12.3 Å². The molecule has 36 heavy (non-hydrogen) atoms. The van der Waals surface area contributed by atoms with Crippen molar-refractivity contribution in [2.75, 3.05) is 24.6 Å². The van der Waals surface area contributed by atoms with Crippen molar-refractivity contribution >= 4 is 34.4 Å². The lowest BCUT2D eigenvalue weighted by atomic mass is 10.1. The van der Waals surface area contributed by atoms with Gasteiger partial charge in [-0.15, -0.1) is 10.2 Å². The van der Waals surface area contributed by atoms with Crippen LogP contribution in [-0.2, 0) is 11.3 Å². The summed E-state index contributed by atoms with van der Waals surface area (Å²) in [7, 11) is 0. The number of piperidine rings is 1. The van der Waals surface area contributed by atoms with E-state index >= 15 is 0 Å². The summed E-state index contributed by atoms with van der Waals surface area (Å²) in [6.45, 7) is 0.725. The molecule has 16 heteroatoms. The summed E-state index contributed by atoms with van der Waals surface area (Å²) in [5.74, 6) is -3.73. The van der Waals surface area contributed by atoms with E-state index in [1.54, 1.807) is 0 Å². The molecule has 4 N–H and O–H groups in total. The third kappa shape index (κ3) is 5.11. The van der Waals surface area contributed by atoms with Gasteiger partial charge in [-0.25, -0.2) is 36.1 Å². The number of alkyl halides is 4. The lowest BCUT2D eigenvalue weighted by molar-refractivity contribution is -0.139. The average Bonchev–Trinajstić information content (AvgIpc) is 3.32. The monoisotopic (exact) mass is 512 g/mol. The van der Waals surface area contributed by atoms with Gasteiger partial charge in [0, 0.05) is 19.9 Å². The van der Waals surface area contributed by atoms with Gasteiger partial charge in [-0.2, -0.15) is 4.98 Å². The largest absolute Gasteiger partial charge is 0.382 e. The number of anilines is 2. The predicted molar refractivity (Wildman–Crippen MR) is 119 cm³/mol. The first-order valence-electron chi connectivity index (χ1n) is 10.7. The second-order valence-corrected chi connectivity index (χ2v) is 8.10. The van der Waals surface area contributed by atoms with Gasteiger partial charge in [-0.3, -0.25) is 4.79 Å². The van der Waals surface area contributed by atoms with Crippen molar-refractivity contribution in [2.24, 2.45) is 0 Å². The number of pyridine rings is 1. The van der Waals surface area contributed by atoms with Crippen LogP contribution < -0.4 is 11.5 Å². The molecule has 0 atom stereocenters. The summed E-state index contributed by atoms with van der Waals surface area (Å²) in [6.07, 6.45) is -1.22. The predicted octanol–water partition coefficient (Wildman–Crippen LogP) is 2.37. The maximum Gasteiger partial charge on any atom is 0.265 e. The number of rotatable bonds is 3. The number of hydrogen-bond acceptors (Lipinski definition) is 8. The van der Waals surface area contributed by atoms with Crippen LogP contribution in [-0.4, -0.2) is 70.8 Å². The van der Waals surface area contributed by atoms with E-state index in [4.69, 9.17) is 11.5 Å². The number of aromatic nitrogens is 7. The van der Waals surface area contributed by atoms with Crippen molar-refractivity contribution < 1.29 is 26.7 Å². The number of nitrogen functional groups attached to an aromatic ring is 2. The molecule has 1 fully saturated rings. The van der Waals surface area contributed by atoms with E-state index in [-0.39, 0.29) is 46.5 Å². The van der Waals surface area contributed by atoms with Crippen LogP contribution >= 0.6 is 0 Å². The van der Waals surface area contributed by atoms with Gasteiger partial charge >= 0.3 is 0 Å². The minimum atomic E-state index is -2.66. The van der Waals surface area contributed by atoms with Crippen molar-refractivity contribution in [1.29, 1.82) is 0 Å². The fraction of sp³-hybridized carbons (Fsp3) is 0.400. The zero-order valence-corrected chi connectivity index (χ0v) is 18.9. The third-order valence-corrected chi connectivity index (χ3v) is 5.39. The van der Waals surface area contributed by atoms with Crippen LogP contribution in [0.25, 0.3) is 27.9 Å². The number of halogens is 5. The van der Waals surface area contributed by atoms with E-state index in [0.717, 1.165) is 15.4 Å². The first-order valence-corrected chi connectivity index (χ1v) is 10.7. The van der Waals surface area contributed by atoms with Crippen LogP contribution in [0.3, 0.4) is 0 Å². The number of carbonyl (C=O) groups is 1. The van der Waals surface area contributed by atoms with Crippen molar-refractivity contribution in [2.45, 2.75) is 38.7 Å². The number of likely N-dealkylation sites (tertiary alicyclic amines) is 1. The third-order valence-electron chi connectivity index (χ3n) is 5.39. The highest BCUT2D eigenvalue weighted by Crippen LogP contribution is 2.31.